The smallest absolute Gasteiger partial charge is 0.316 e. The van der Waals surface area contributed by atoms with Crippen LogP contribution in [0.5, 0.6) is 0 Å². The highest BCUT2D eigenvalue weighted by Gasteiger charge is 2.61. The van der Waals surface area contributed by atoms with E-state index in [1.165, 1.54) is 19.3 Å². The summed E-state index contributed by atoms with van der Waals surface area (Å²) in [5.41, 5.74) is 1.04. The average Bonchev–Trinajstić information content (AvgIpc) is 2.74. The molecule has 2 aliphatic carbocycles. The van der Waals surface area contributed by atoms with Gasteiger partial charge < -0.3 is 4.74 Å². The summed E-state index contributed by atoms with van der Waals surface area (Å²) in [5.74, 6) is 1.42. The molecule has 0 aromatic carbocycles. The molecular formula is C15H22O2. The summed E-state index contributed by atoms with van der Waals surface area (Å²) in [6, 6.07) is 0. The van der Waals surface area contributed by atoms with Gasteiger partial charge in [0.15, 0.2) is 0 Å². The normalized spacial score (nSPS) is 49.5. The van der Waals surface area contributed by atoms with Gasteiger partial charge >= 0.3 is 5.97 Å². The zero-order chi connectivity index (χ0) is 12.3. The van der Waals surface area contributed by atoms with Crippen molar-refractivity contribution in [2.45, 2.75) is 46.0 Å². The van der Waals surface area contributed by atoms with Gasteiger partial charge in [-0.2, -0.15) is 0 Å². The number of hydrogen-bond donors (Lipinski definition) is 0. The van der Waals surface area contributed by atoms with E-state index in [4.69, 9.17) is 4.74 Å². The number of ether oxygens (including phenoxy) is 1. The van der Waals surface area contributed by atoms with Gasteiger partial charge in [0.2, 0.25) is 0 Å². The first-order valence-electron chi connectivity index (χ1n) is 6.84. The predicted octanol–water partition coefficient (Wildman–Crippen LogP) is 3.32. The van der Waals surface area contributed by atoms with Crippen LogP contribution in [-0.4, -0.2) is 12.6 Å². The second kappa shape index (κ2) is 3.37. The molecule has 3 fully saturated rings. The van der Waals surface area contributed by atoms with Gasteiger partial charge in [0.05, 0.1) is 5.41 Å². The van der Waals surface area contributed by atoms with Crippen molar-refractivity contribution >= 4 is 5.97 Å². The lowest BCUT2D eigenvalue weighted by atomic mass is 9.63. The molecule has 1 aliphatic heterocycles. The fourth-order valence-electron chi connectivity index (χ4n) is 4.53. The van der Waals surface area contributed by atoms with Gasteiger partial charge in [-0.25, -0.2) is 0 Å². The second-order valence-corrected chi connectivity index (χ2v) is 6.68. The molecule has 94 valence electrons. The minimum atomic E-state index is -0.321. The first-order chi connectivity index (χ1) is 7.99. The Bertz CT molecular complexity index is 368. The van der Waals surface area contributed by atoms with Gasteiger partial charge in [-0.1, -0.05) is 33.3 Å². The number of cyclic esters (lactones) is 1. The van der Waals surface area contributed by atoms with E-state index < -0.39 is 0 Å². The molecule has 0 amide bonds. The standard InChI is InChI=1S/C15H22O2/c1-10-5-4-6-12-7-15(9-14(10,12)3)11(2)8-17-13(15)16/h10,12H,2,4-9H2,1,3H3/t10?,12?,14-,15-/m1/s1. The molecule has 0 aromatic heterocycles. The largest absolute Gasteiger partial charge is 0.460 e. The van der Waals surface area contributed by atoms with Crippen molar-refractivity contribution in [2.75, 3.05) is 6.61 Å². The maximum Gasteiger partial charge on any atom is 0.316 e. The average molecular weight is 234 g/mol. The van der Waals surface area contributed by atoms with Gasteiger partial charge in [0, 0.05) is 0 Å². The van der Waals surface area contributed by atoms with Crippen LogP contribution in [-0.2, 0) is 9.53 Å². The summed E-state index contributed by atoms with van der Waals surface area (Å²) in [6.07, 6.45) is 5.88. The Labute approximate surface area is 103 Å². The first kappa shape index (κ1) is 11.3. The highest BCUT2D eigenvalue weighted by molar-refractivity contribution is 5.84. The summed E-state index contributed by atoms with van der Waals surface area (Å²) in [4.78, 5) is 12.1. The second-order valence-electron chi connectivity index (χ2n) is 6.68. The molecule has 4 atom stereocenters. The van der Waals surface area contributed by atoms with E-state index in [2.05, 4.69) is 20.4 Å². The Morgan fingerprint density at radius 1 is 1.41 bits per heavy atom. The molecule has 0 radical (unpaired) electrons. The van der Waals surface area contributed by atoms with E-state index >= 15 is 0 Å². The Balaban J connectivity index is 1.98. The number of carbonyl (C=O) groups excluding carboxylic acids is 1. The van der Waals surface area contributed by atoms with Gasteiger partial charge in [-0.3, -0.25) is 4.79 Å². The molecule has 2 heteroatoms. The Kier molecular flexibility index (Phi) is 2.24. The SMILES string of the molecule is C=C1COC(=O)[C@@]12CC1CCCC(C)[C@@]1(C)C2. The van der Waals surface area contributed by atoms with Crippen molar-refractivity contribution in [3.63, 3.8) is 0 Å². The molecule has 0 aromatic rings. The third-order valence-electron chi connectivity index (χ3n) is 5.97. The molecule has 0 N–H and O–H groups in total. The van der Waals surface area contributed by atoms with Crippen LogP contribution in [0.15, 0.2) is 12.2 Å². The monoisotopic (exact) mass is 234 g/mol. The molecule has 1 spiro atoms. The van der Waals surface area contributed by atoms with Gasteiger partial charge in [-0.15, -0.1) is 0 Å². The molecule has 1 heterocycles. The molecule has 0 bridgehead atoms. The Hall–Kier alpha value is -0.790. The quantitative estimate of drug-likeness (QED) is 0.475. The van der Waals surface area contributed by atoms with Crippen LogP contribution in [0, 0.1) is 22.7 Å². The maximum absolute atomic E-state index is 12.1. The lowest BCUT2D eigenvalue weighted by molar-refractivity contribution is -0.146. The molecule has 17 heavy (non-hydrogen) atoms. The maximum atomic E-state index is 12.1. The van der Waals surface area contributed by atoms with Crippen molar-refractivity contribution in [3.05, 3.63) is 12.2 Å². The van der Waals surface area contributed by atoms with Crippen molar-refractivity contribution in [1.82, 2.24) is 0 Å². The Morgan fingerprint density at radius 2 is 2.18 bits per heavy atom. The molecule has 3 aliphatic rings. The Morgan fingerprint density at radius 3 is 2.76 bits per heavy atom. The fraction of sp³-hybridized carbons (Fsp3) is 0.800. The topological polar surface area (TPSA) is 26.3 Å². The summed E-state index contributed by atoms with van der Waals surface area (Å²) in [6.45, 7) is 9.30. The van der Waals surface area contributed by atoms with Crippen molar-refractivity contribution in [1.29, 1.82) is 0 Å². The van der Waals surface area contributed by atoms with E-state index in [1.54, 1.807) is 0 Å². The summed E-state index contributed by atoms with van der Waals surface area (Å²) in [5, 5.41) is 0. The summed E-state index contributed by atoms with van der Waals surface area (Å²) >= 11 is 0. The minimum absolute atomic E-state index is 0.00493. The number of rotatable bonds is 0. The zero-order valence-corrected chi connectivity index (χ0v) is 10.9. The predicted molar refractivity (Wildman–Crippen MR) is 66.4 cm³/mol. The lowest BCUT2D eigenvalue weighted by Gasteiger charge is -2.42. The first-order valence-corrected chi connectivity index (χ1v) is 6.84. The van der Waals surface area contributed by atoms with E-state index in [9.17, 15) is 4.79 Å². The fourth-order valence-corrected chi connectivity index (χ4v) is 4.53. The molecule has 1 saturated heterocycles. The van der Waals surface area contributed by atoms with Gasteiger partial charge in [0.25, 0.3) is 0 Å². The van der Waals surface area contributed by atoms with E-state index in [0.717, 1.165) is 24.3 Å². The third kappa shape index (κ3) is 1.30. The minimum Gasteiger partial charge on any atom is -0.460 e. The van der Waals surface area contributed by atoms with Gasteiger partial charge in [-0.05, 0) is 42.1 Å². The van der Waals surface area contributed by atoms with E-state index in [1.807, 2.05) is 0 Å². The van der Waals surface area contributed by atoms with Crippen LogP contribution in [0.25, 0.3) is 0 Å². The van der Waals surface area contributed by atoms with Crippen LogP contribution in [0.3, 0.4) is 0 Å². The van der Waals surface area contributed by atoms with Crippen LogP contribution >= 0.6 is 0 Å². The van der Waals surface area contributed by atoms with E-state index in [-0.39, 0.29) is 11.4 Å². The zero-order valence-electron chi connectivity index (χ0n) is 10.9. The molecule has 2 nitrogen and oxygen atoms in total. The third-order valence-corrected chi connectivity index (χ3v) is 5.97. The lowest BCUT2D eigenvalue weighted by Crippen LogP contribution is -2.34. The van der Waals surface area contributed by atoms with Crippen LogP contribution in [0.4, 0.5) is 0 Å². The number of esters is 1. The number of carbonyl (C=O) groups is 1. The highest BCUT2D eigenvalue weighted by Crippen LogP contribution is 2.64. The molecular weight excluding hydrogens is 212 g/mol. The van der Waals surface area contributed by atoms with E-state index in [0.29, 0.717) is 17.9 Å². The molecule has 2 unspecified atom stereocenters. The van der Waals surface area contributed by atoms with Crippen LogP contribution in [0.1, 0.15) is 46.0 Å². The number of hydrogen-bond acceptors (Lipinski definition) is 2. The molecule has 2 saturated carbocycles. The van der Waals surface area contributed by atoms with Crippen molar-refractivity contribution < 1.29 is 9.53 Å². The van der Waals surface area contributed by atoms with Crippen molar-refractivity contribution in [2.24, 2.45) is 22.7 Å². The summed E-state index contributed by atoms with van der Waals surface area (Å²) < 4.78 is 5.25. The van der Waals surface area contributed by atoms with Crippen molar-refractivity contribution in [3.8, 4) is 0 Å². The van der Waals surface area contributed by atoms with Crippen LogP contribution in [0.2, 0.25) is 0 Å². The highest BCUT2D eigenvalue weighted by atomic mass is 16.5. The van der Waals surface area contributed by atoms with Crippen LogP contribution < -0.4 is 0 Å². The molecule has 3 rings (SSSR count). The van der Waals surface area contributed by atoms with Gasteiger partial charge in [0.1, 0.15) is 6.61 Å². The number of fused-ring (bicyclic) bond motifs is 1. The summed E-state index contributed by atoms with van der Waals surface area (Å²) in [7, 11) is 0.